The summed E-state index contributed by atoms with van der Waals surface area (Å²) in [6.45, 7) is 1.27. The van der Waals surface area contributed by atoms with E-state index in [2.05, 4.69) is 5.32 Å². The number of Topliss-reactive ketones (excluding diaryl/α,β-unsaturated/α-hetero) is 1. The summed E-state index contributed by atoms with van der Waals surface area (Å²) in [7, 11) is 1.49. The van der Waals surface area contributed by atoms with E-state index in [-0.39, 0.29) is 18.2 Å². The molecule has 0 heterocycles. The summed E-state index contributed by atoms with van der Waals surface area (Å²) < 4.78 is 48.7. The van der Waals surface area contributed by atoms with E-state index in [4.69, 9.17) is 15.2 Å². The molecule has 3 rings (SSSR count). The number of carbonyl (C=O) groups excluding carboxylic acids is 2. The van der Waals surface area contributed by atoms with Gasteiger partial charge in [0, 0.05) is 37.0 Å². The third-order valence-corrected chi connectivity index (χ3v) is 4.90. The molecular formula is C27H30F3N3O4. The number of ketones is 1. The van der Waals surface area contributed by atoms with E-state index in [9.17, 15) is 22.8 Å². The lowest BCUT2D eigenvalue weighted by Crippen LogP contribution is -2.38. The van der Waals surface area contributed by atoms with Gasteiger partial charge in [0.05, 0.1) is 7.11 Å². The minimum atomic E-state index is -0.833. The zero-order valence-corrected chi connectivity index (χ0v) is 20.7. The highest BCUT2D eigenvalue weighted by molar-refractivity contribution is 5.89. The van der Waals surface area contributed by atoms with E-state index < -0.39 is 24.1 Å². The van der Waals surface area contributed by atoms with E-state index in [1.54, 1.807) is 35.2 Å². The zero-order valence-electron chi connectivity index (χ0n) is 20.7. The molecule has 0 radical (unpaired) electrons. The van der Waals surface area contributed by atoms with Crippen molar-refractivity contribution in [3.05, 3.63) is 89.5 Å². The van der Waals surface area contributed by atoms with Crippen LogP contribution in [0.2, 0.25) is 0 Å². The molecule has 0 spiro atoms. The van der Waals surface area contributed by atoms with Crippen LogP contribution in [0.4, 0.5) is 23.7 Å². The molecule has 0 bridgehead atoms. The number of carbonyl (C=O) groups is 2. The second kappa shape index (κ2) is 15.1. The molecule has 0 aliphatic rings. The van der Waals surface area contributed by atoms with E-state index in [1.165, 1.54) is 26.2 Å². The molecular weight excluding hydrogens is 487 g/mol. The first-order chi connectivity index (χ1) is 17.8. The zero-order chi connectivity index (χ0) is 27.2. The third kappa shape index (κ3) is 9.85. The van der Waals surface area contributed by atoms with Crippen molar-refractivity contribution in [1.29, 1.82) is 0 Å². The largest absolute Gasteiger partial charge is 0.493 e. The van der Waals surface area contributed by atoms with Gasteiger partial charge in [-0.3, -0.25) is 4.79 Å². The second-order valence-electron chi connectivity index (χ2n) is 7.85. The van der Waals surface area contributed by atoms with Gasteiger partial charge in [-0.15, -0.1) is 0 Å². The van der Waals surface area contributed by atoms with Gasteiger partial charge in [0.25, 0.3) is 0 Å². The molecule has 0 fully saturated rings. The Morgan fingerprint density at radius 3 is 2.30 bits per heavy atom. The number of hydrogen-bond acceptors (Lipinski definition) is 5. The van der Waals surface area contributed by atoms with E-state index in [0.717, 1.165) is 11.6 Å². The molecule has 37 heavy (non-hydrogen) atoms. The molecule has 0 saturated heterocycles. The number of nitrogens with two attached hydrogens (primary N) is 1. The number of urea groups is 1. The Morgan fingerprint density at radius 2 is 1.70 bits per heavy atom. The molecule has 0 unspecified atom stereocenters. The first-order valence-corrected chi connectivity index (χ1v) is 11.4. The minimum absolute atomic E-state index is 0.0827. The SMILES string of the molecule is CC(=O)CF.COc1cc(CN(CCN)C(=O)Nc2ccccc2)ccc1OCc1ccc(F)cc1F. The fourth-order valence-corrected chi connectivity index (χ4v) is 3.08. The maximum absolute atomic E-state index is 13.8. The number of halogens is 3. The van der Waals surface area contributed by atoms with Crippen LogP contribution in [0.15, 0.2) is 66.7 Å². The van der Waals surface area contributed by atoms with Gasteiger partial charge in [-0.25, -0.2) is 18.0 Å². The summed E-state index contributed by atoms with van der Waals surface area (Å²) >= 11 is 0. The van der Waals surface area contributed by atoms with Crippen molar-refractivity contribution in [3.8, 4) is 11.5 Å². The van der Waals surface area contributed by atoms with Crippen LogP contribution in [-0.4, -0.2) is 43.6 Å². The number of methoxy groups -OCH3 is 1. The summed E-state index contributed by atoms with van der Waals surface area (Å²) in [5.74, 6) is -0.903. The van der Waals surface area contributed by atoms with Crippen molar-refractivity contribution in [3.63, 3.8) is 0 Å². The molecule has 3 aromatic carbocycles. The van der Waals surface area contributed by atoms with Crippen LogP contribution in [-0.2, 0) is 17.9 Å². The maximum atomic E-state index is 13.8. The number of hydrogen-bond donors (Lipinski definition) is 2. The van der Waals surface area contributed by atoms with Gasteiger partial charge in [0.15, 0.2) is 17.3 Å². The number of nitrogens with one attached hydrogen (secondary N) is 1. The third-order valence-electron chi connectivity index (χ3n) is 4.90. The number of rotatable bonds is 10. The first-order valence-electron chi connectivity index (χ1n) is 11.4. The highest BCUT2D eigenvalue weighted by Crippen LogP contribution is 2.29. The summed E-state index contributed by atoms with van der Waals surface area (Å²) in [6, 6.07) is 17.4. The van der Waals surface area contributed by atoms with Gasteiger partial charge in [-0.05, 0) is 48.9 Å². The van der Waals surface area contributed by atoms with Crippen LogP contribution in [0.1, 0.15) is 18.1 Å². The van der Waals surface area contributed by atoms with Crippen molar-refractivity contribution in [2.75, 3.05) is 32.2 Å². The molecule has 0 aliphatic carbocycles. The quantitative estimate of drug-likeness (QED) is 0.391. The van der Waals surface area contributed by atoms with Gasteiger partial charge < -0.3 is 25.4 Å². The van der Waals surface area contributed by atoms with Gasteiger partial charge in [-0.1, -0.05) is 24.3 Å². The van der Waals surface area contributed by atoms with E-state index in [1.807, 2.05) is 18.2 Å². The number of alkyl halides is 1. The smallest absolute Gasteiger partial charge is 0.322 e. The van der Waals surface area contributed by atoms with Crippen molar-refractivity contribution >= 4 is 17.5 Å². The Bertz CT molecular complexity index is 1160. The fraction of sp³-hybridized carbons (Fsp3) is 0.259. The summed E-state index contributed by atoms with van der Waals surface area (Å²) in [6.07, 6.45) is 0. The van der Waals surface area contributed by atoms with Crippen molar-refractivity contribution in [2.45, 2.75) is 20.1 Å². The average Bonchev–Trinajstić information content (AvgIpc) is 2.89. The Kier molecular flexibility index (Phi) is 11.9. The van der Waals surface area contributed by atoms with Crippen LogP contribution in [0, 0.1) is 11.6 Å². The highest BCUT2D eigenvalue weighted by Gasteiger charge is 2.15. The summed E-state index contributed by atoms with van der Waals surface area (Å²) in [4.78, 5) is 23.7. The summed E-state index contributed by atoms with van der Waals surface area (Å²) in [5, 5.41) is 2.85. The molecule has 0 aliphatic heterocycles. The van der Waals surface area contributed by atoms with Crippen LogP contribution >= 0.6 is 0 Å². The average molecular weight is 518 g/mol. The Morgan fingerprint density at radius 1 is 1.00 bits per heavy atom. The van der Waals surface area contributed by atoms with Crippen molar-refractivity contribution < 1.29 is 32.2 Å². The van der Waals surface area contributed by atoms with Crippen LogP contribution in [0.25, 0.3) is 0 Å². The molecule has 10 heteroatoms. The Labute approximate surface area is 214 Å². The van der Waals surface area contributed by atoms with Gasteiger partial charge in [0.2, 0.25) is 0 Å². The monoisotopic (exact) mass is 517 g/mol. The molecule has 7 nitrogen and oxygen atoms in total. The normalized spacial score (nSPS) is 10.1. The number of amides is 2. The second-order valence-corrected chi connectivity index (χ2v) is 7.85. The van der Waals surface area contributed by atoms with Crippen LogP contribution in [0.5, 0.6) is 11.5 Å². The molecule has 0 atom stereocenters. The Hall–Kier alpha value is -4.05. The molecule has 0 saturated carbocycles. The molecule has 198 valence electrons. The topological polar surface area (TPSA) is 93.9 Å². The predicted molar refractivity (Wildman–Crippen MR) is 135 cm³/mol. The molecule has 0 aromatic heterocycles. The summed E-state index contributed by atoms with van der Waals surface area (Å²) in [5.41, 5.74) is 7.41. The lowest BCUT2D eigenvalue weighted by molar-refractivity contribution is -0.117. The number of nitrogens with zero attached hydrogens (tertiary/aromatic N) is 1. The van der Waals surface area contributed by atoms with Gasteiger partial charge in [-0.2, -0.15) is 0 Å². The van der Waals surface area contributed by atoms with E-state index in [0.29, 0.717) is 36.8 Å². The standard InChI is InChI=1S/C24H25F2N3O3.C3H5FO/c1-31-23-13-17(7-10-22(23)32-16-18-8-9-19(25)14-21(18)26)15-29(12-11-27)24(30)28-20-5-3-2-4-6-20;1-3(5)2-4/h2-10,13-14H,11-12,15-16,27H2,1H3,(H,28,30);2H2,1H3. The van der Waals surface area contributed by atoms with Crippen LogP contribution in [0.3, 0.4) is 0 Å². The maximum Gasteiger partial charge on any atom is 0.322 e. The first kappa shape index (κ1) is 29.2. The number of benzene rings is 3. The molecule has 2 amide bonds. The molecule has 3 N–H and O–H groups in total. The van der Waals surface area contributed by atoms with Crippen LogP contribution < -0.4 is 20.5 Å². The van der Waals surface area contributed by atoms with E-state index >= 15 is 0 Å². The van der Waals surface area contributed by atoms with Crippen molar-refractivity contribution in [2.24, 2.45) is 5.73 Å². The van der Waals surface area contributed by atoms with Crippen molar-refractivity contribution in [1.82, 2.24) is 4.90 Å². The predicted octanol–water partition coefficient (Wildman–Crippen LogP) is 5.09. The fourth-order valence-electron chi connectivity index (χ4n) is 3.08. The number of para-hydroxylation sites is 1. The highest BCUT2D eigenvalue weighted by atomic mass is 19.1. The lowest BCUT2D eigenvalue weighted by Gasteiger charge is -2.23. The number of anilines is 1. The Balaban J connectivity index is 0.000000877. The minimum Gasteiger partial charge on any atom is -0.493 e. The van der Waals surface area contributed by atoms with Gasteiger partial charge >= 0.3 is 6.03 Å². The lowest BCUT2D eigenvalue weighted by atomic mass is 10.2. The number of ether oxygens (including phenoxy) is 2. The molecule has 3 aromatic rings. The van der Waals surface area contributed by atoms with Gasteiger partial charge in [0.1, 0.15) is 24.9 Å².